The van der Waals surface area contributed by atoms with E-state index in [1.807, 2.05) is 109 Å². The van der Waals surface area contributed by atoms with E-state index in [1.165, 1.54) is 0 Å². The largest absolute Gasteiger partial charge is 0.471 e. The van der Waals surface area contributed by atoms with Crippen molar-refractivity contribution >= 4 is 23.0 Å². The third-order valence-corrected chi connectivity index (χ3v) is 8.66. The summed E-state index contributed by atoms with van der Waals surface area (Å²) in [5, 5.41) is 2.83. The molecule has 2 saturated heterocycles. The second-order valence-corrected chi connectivity index (χ2v) is 12.4. The molecule has 2 fully saturated rings. The summed E-state index contributed by atoms with van der Waals surface area (Å²) in [6.45, 7) is 5.49. The third kappa shape index (κ3) is 6.81. The molecule has 0 saturated carbocycles. The highest BCUT2D eigenvalue weighted by Crippen LogP contribution is 2.47. The van der Waals surface area contributed by atoms with E-state index in [1.54, 1.807) is 6.33 Å². The topological polar surface area (TPSA) is 119 Å². The van der Waals surface area contributed by atoms with Crippen LogP contribution in [-0.4, -0.2) is 56.4 Å². The van der Waals surface area contributed by atoms with Crippen LogP contribution < -0.4 is 10.1 Å². The van der Waals surface area contributed by atoms with Crippen LogP contribution in [0.4, 0.5) is 5.95 Å². The van der Waals surface area contributed by atoms with Gasteiger partial charge in [0.05, 0.1) is 32.8 Å². The molecule has 1 N–H and O–H groups in total. The smallest absolute Gasteiger partial charge is 0.247 e. The molecule has 248 valence electrons. The minimum Gasteiger partial charge on any atom is -0.471 e. The molecule has 11 heteroatoms. The molecule has 0 aliphatic carbocycles. The fourth-order valence-corrected chi connectivity index (χ4v) is 6.10. The number of carbonyl (C=O) groups excluding carboxylic acids is 1. The van der Waals surface area contributed by atoms with Crippen molar-refractivity contribution in [1.29, 1.82) is 0 Å². The van der Waals surface area contributed by atoms with Crippen LogP contribution >= 0.6 is 0 Å². The lowest BCUT2D eigenvalue weighted by Crippen LogP contribution is -2.53. The normalized spacial score (nSPS) is 21.9. The predicted octanol–water partition coefficient (Wildman–Crippen LogP) is 5.86. The molecule has 1 amide bonds. The highest BCUT2D eigenvalue weighted by molar-refractivity contribution is 5.91. The van der Waals surface area contributed by atoms with Crippen LogP contribution in [0.5, 0.6) is 5.88 Å². The summed E-state index contributed by atoms with van der Waals surface area (Å²) in [7, 11) is 0. The number of rotatable bonds is 13. The molecule has 11 nitrogen and oxygen atoms in total. The van der Waals surface area contributed by atoms with Gasteiger partial charge in [0, 0.05) is 12.3 Å². The average Bonchev–Trinajstić information content (AvgIpc) is 3.60. The van der Waals surface area contributed by atoms with Crippen LogP contribution in [0.1, 0.15) is 43.2 Å². The van der Waals surface area contributed by atoms with Gasteiger partial charge in [0.25, 0.3) is 0 Å². The summed E-state index contributed by atoms with van der Waals surface area (Å²) in [5.74, 6) is -0.117. The first kappa shape index (κ1) is 31.9. The van der Waals surface area contributed by atoms with Gasteiger partial charge in [0.2, 0.25) is 17.7 Å². The van der Waals surface area contributed by atoms with Gasteiger partial charge in [-0.25, -0.2) is 4.98 Å². The first-order chi connectivity index (χ1) is 23.5. The van der Waals surface area contributed by atoms with E-state index < -0.39 is 24.0 Å². The van der Waals surface area contributed by atoms with Crippen LogP contribution in [0.2, 0.25) is 0 Å². The van der Waals surface area contributed by atoms with Gasteiger partial charge in [-0.05, 0) is 16.7 Å². The zero-order valence-corrected chi connectivity index (χ0v) is 27.0. The van der Waals surface area contributed by atoms with Gasteiger partial charge in [-0.15, -0.1) is 0 Å². The lowest BCUT2D eigenvalue weighted by Gasteiger charge is -2.38. The van der Waals surface area contributed by atoms with E-state index in [0.29, 0.717) is 44.0 Å². The number of benzene rings is 3. The Balaban J connectivity index is 1.22. The summed E-state index contributed by atoms with van der Waals surface area (Å²) in [6, 6.07) is 29.9. The van der Waals surface area contributed by atoms with Crippen molar-refractivity contribution in [2.45, 2.75) is 64.1 Å². The molecular formula is C37H39N5O6. The minimum absolute atomic E-state index is 0.116. The van der Waals surface area contributed by atoms with Gasteiger partial charge in [-0.1, -0.05) is 105 Å². The number of amides is 1. The van der Waals surface area contributed by atoms with Gasteiger partial charge in [0.1, 0.15) is 24.4 Å². The van der Waals surface area contributed by atoms with Crippen molar-refractivity contribution in [2.24, 2.45) is 5.92 Å². The number of nitrogens with one attached hydrogen (secondary N) is 1. The lowest BCUT2D eigenvalue weighted by molar-refractivity contribution is -0.178. The highest BCUT2D eigenvalue weighted by Gasteiger charge is 2.60. The number of nitrogens with zero attached hydrogens (tertiary/aromatic N) is 4. The summed E-state index contributed by atoms with van der Waals surface area (Å²) >= 11 is 0. The molecule has 3 aromatic carbocycles. The summed E-state index contributed by atoms with van der Waals surface area (Å²) < 4.78 is 34.3. The number of anilines is 1. The Kier molecular flexibility index (Phi) is 9.44. The highest BCUT2D eigenvalue weighted by atomic mass is 16.6. The standard InChI is InChI=1S/C37H39N5O6/c1-25(2)33(43)40-36-39-32-29(34(41-36)47-22-28-16-10-5-11-17-28)38-24-42(32)35-30-31(46-21-27-14-8-4-9-15-27)37(48-35,18-19-45-30)23-44-20-26-12-6-3-7-13-26/h3-17,24-25,30-31,35H,18-23H2,1-2H3,(H,39,40,41,43)/t30-,31+,35-,37-/m1/s1. The Morgan fingerprint density at radius 2 is 1.56 bits per heavy atom. The number of imidazole rings is 1. The van der Waals surface area contributed by atoms with Crippen molar-refractivity contribution in [3.63, 3.8) is 0 Å². The van der Waals surface area contributed by atoms with E-state index in [4.69, 9.17) is 28.7 Å². The molecule has 4 heterocycles. The fraction of sp³-hybridized carbons (Fsp3) is 0.351. The zero-order chi connectivity index (χ0) is 32.9. The number of hydrogen-bond acceptors (Lipinski definition) is 9. The molecule has 2 aromatic heterocycles. The Bertz CT molecular complexity index is 1820. The van der Waals surface area contributed by atoms with Gasteiger partial charge >= 0.3 is 0 Å². The van der Waals surface area contributed by atoms with E-state index in [0.717, 1.165) is 16.7 Å². The number of hydrogen-bond donors (Lipinski definition) is 1. The fourth-order valence-electron chi connectivity index (χ4n) is 6.10. The van der Waals surface area contributed by atoms with E-state index in [9.17, 15) is 4.79 Å². The first-order valence-electron chi connectivity index (χ1n) is 16.3. The number of carbonyl (C=O) groups is 1. The third-order valence-electron chi connectivity index (χ3n) is 8.66. The molecule has 0 unspecified atom stereocenters. The second-order valence-electron chi connectivity index (χ2n) is 12.4. The van der Waals surface area contributed by atoms with Crippen LogP contribution in [0, 0.1) is 5.92 Å². The van der Waals surface area contributed by atoms with Gasteiger partial charge in [0.15, 0.2) is 17.4 Å². The van der Waals surface area contributed by atoms with Gasteiger partial charge < -0.3 is 23.7 Å². The SMILES string of the molecule is CC(C)C(=O)Nc1nc(OCc2ccccc2)c2ncn([C@@H]3O[C@@]4(COCc5ccccc5)CCO[C@@H]3[C@@H]4OCc3ccccc3)c2n1. The number of fused-ring (bicyclic) bond motifs is 3. The molecule has 2 bridgehead atoms. The van der Waals surface area contributed by atoms with E-state index >= 15 is 0 Å². The second kappa shape index (κ2) is 14.2. The first-order valence-corrected chi connectivity index (χ1v) is 16.3. The Hall–Kier alpha value is -4.68. The van der Waals surface area contributed by atoms with Crippen LogP contribution in [0.25, 0.3) is 11.2 Å². The van der Waals surface area contributed by atoms with Crippen molar-refractivity contribution in [3.05, 3.63) is 114 Å². The molecule has 0 spiro atoms. The molecule has 7 rings (SSSR count). The molecule has 5 aromatic rings. The van der Waals surface area contributed by atoms with Crippen molar-refractivity contribution in [1.82, 2.24) is 19.5 Å². The quantitative estimate of drug-likeness (QED) is 0.167. The predicted molar refractivity (Wildman–Crippen MR) is 178 cm³/mol. The maximum atomic E-state index is 12.7. The molecule has 2 aliphatic rings. The zero-order valence-electron chi connectivity index (χ0n) is 27.0. The minimum atomic E-state index is -0.790. The van der Waals surface area contributed by atoms with E-state index in [2.05, 4.69) is 15.3 Å². The molecular weight excluding hydrogens is 610 g/mol. The Labute approximate surface area is 279 Å². The Morgan fingerprint density at radius 3 is 2.23 bits per heavy atom. The number of aromatic nitrogens is 4. The van der Waals surface area contributed by atoms with Gasteiger partial charge in [-0.2, -0.15) is 9.97 Å². The summed E-state index contributed by atoms with van der Waals surface area (Å²) in [5.41, 5.74) is 3.18. The Morgan fingerprint density at radius 1 is 0.917 bits per heavy atom. The maximum absolute atomic E-state index is 12.7. The number of ether oxygens (including phenoxy) is 5. The molecule has 0 radical (unpaired) electrons. The molecule has 48 heavy (non-hydrogen) atoms. The lowest BCUT2D eigenvalue weighted by atomic mass is 9.90. The van der Waals surface area contributed by atoms with Crippen LogP contribution in [-0.2, 0) is 43.6 Å². The van der Waals surface area contributed by atoms with Gasteiger partial charge in [-0.3, -0.25) is 14.7 Å². The van der Waals surface area contributed by atoms with Crippen LogP contribution in [0.15, 0.2) is 97.3 Å². The summed E-state index contributed by atoms with van der Waals surface area (Å²) in [6.07, 6.45) is 0.656. The van der Waals surface area contributed by atoms with Crippen molar-refractivity contribution in [2.75, 3.05) is 18.5 Å². The van der Waals surface area contributed by atoms with E-state index in [-0.39, 0.29) is 30.3 Å². The molecule has 4 atom stereocenters. The van der Waals surface area contributed by atoms with Crippen molar-refractivity contribution < 1.29 is 28.5 Å². The monoisotopic (exact) mass is 649 g/mol. The maximum Gasteiger partial charge on any atom is 0.247 e. The van der Waals surface area contributed by atoms with Crippen LogP contribution in [0.3, 0.4) is 0 Å². The van der Waals surface area contributed by atoms with Crippen molar-refractivity contribution in [3.8, 4) is 5.88 Å². The summed E-state index contributed by atoms with van der Waals surface area (Å²) in [4.78, 5) is 26.7. The average molecular weight is 650 g/mol. The molecule has 2 aliphatic heterocycles.